The van der Waals surface area contributed by atoms with E-state index in [9.17, 15) is 9.59 Å². The van der Waals surface area contributed by atoms with E-state index in [4.69, 9.17) is 16.3 Å². The van der Waals surface area contributed by atoms with Gasteiger partial charge in [-0.2, -0.15) is 0 Å². The van der Waals surface area contributed by atoms with Crippen LogP contribution in [0.25, 0.3) is 0 Å². The van der Waals surface area contributed by atoms with Crippen LogP contribution >= 0.6 is 11.6 Å². The summed E-state index contributed by atoms with van der Waals surface area (Å²) in [5, 5.41) is 0.675. The molecule has 20 heavy (non-hydrogen) atoms. The first-order valence-electron chi connectivity index (χ1n) is 5.90. The molecule has 0 heterocycles. The minimum Gasteiger partial charge on any atom is -0.484 e. The maximum absolute atomic E-state index is 11.4. The predicted molar refractivity (Wildman–Crippen MR) is 74.6 cm³/mol. The van der Waals surface area contributed by atoms with Crippen LogP contribution in [0, 0.1) is 13.8 Å². The molecule has 0 unspecified atom stereocenters. The second-order valence-electron chi connectivity index (χ2n) is 4.19. The van der Waals surface area contributed by atoms with Crippen molar-refractivity contribution in [3.8, 4) is 5.75 Å². The number of carbonyl (C=O) groups excluding carboxylic acids is 2. The number of rotatable bonds is 5. The SMILES string of the molecule is COCC(=O)NNC(=O)COc1cc(C)c(Cl)c(C)c1. The molecule has 0 saturated heterocycles. The molecule has 0 aliphatic rings. The van der Waals surface area contributed by atoms with Gasteiger partial charge in [0.15, 0.2) is 6.61 Å². The van der Waals surface area contributed by atoms with Crippen LogP contribution in [0.15, 0.2) is 12.1 Å². The molecule has 1 aromatic rings. The van der Waals surface area contributed by atoms with E-state index < -0.39 is 11.8 Å². The fraction of sp³-hybridized carbons (Fsp3) is 0.385. The van der Waals surface area contributed by atoms with Crippen LogP contribution < -0.4 is 15.6 Å². The van der Waals surface area contributed by atoms with E-state index in [0.29, 0.717) is 10.8 Å². The molecule has 110 valence electrons. The highest BCUT2D eigenvalue weighted by atomic mass is 35.5. The third-order valence-corrected chi connectivity index (χ3v) is 2.99. The number of hydrogen-bond donors (Lipinski definition) is 2. The van der Waals surface area contributed by atoms with Crippen LogP contribution in [0.4, 0.5) is 0 Å². The second kappa shape index (κ2) is 7.72. The Morgan fingerprint density at radius 1 is 1.10 bits per heavy atom. The minimum atomic E-state index is -0.472. The fourth-order valence-corrected chi connectivity index (χ4v) is 1.59. The lowest BCUT2D eigenvalue weighted by molar-refractivity contribution is -0.131. The van der Waals surface area contributed by atoms with E-state index in [1.54, 1.807) is 12.1 Å². The second-order valence-corrected chi connectivity index (χ2v) is 4.57. The summed E-state index contributed by atoms with van der Waals surface area (Å²) >= 11 is 6.03. The van der Waals surface area contributed by atoms with E-state index in [2.05, 4.69) is 15.6 Å². The summed E-state index contributed by atoms with van der Waals surface area (Å²) in [5.74, 6) is -0.374. The number of benzene rings is 1. The largest absolute Gasteiger partial charge is 0.484 e. The smallest absolute Gasteiger partial charge is 0.276 e. The van der Waals surface area contributed by atoms with Gasteiger partial charge in [0.2, 0.25) is 0 Å². The fourth-order valence-electron chi connectivity index (χ4n) is 1.48. The molecule has 0 saturated carbocycles. The van der Waals surface area contributed by atoms with Gasteiger partial charge in [-0.25, -0.2) is 0 Å². The molecule has 2 N–H and O–H groups in total. The Labute approximate surface area is 122 Å². The Hall–Kier alpha value is -1.79. The third kappa shape index (κ3) is 5.07. The topological polar surface area (TPSA) is 76.7 Å². The quantitative estimate of drug-likeness (QED) is 0.799. The minimum absolute atomic E-state index is 0.128. The Bertz CT molecular complexity index is 482. The van der Waals surface area contributed by atoms with Gasteiger partial charge in [0, 0.05) is 12.1 Å². The number of aryl methyl sites for hydroxylation is 2. The number of nitrogens with one attached hydrogen (secondary N) is 2. The molecule has 0 aliphatic heterocycles. The molecule has 0 atom stereocenters. The van der Waals surface area contributed by atoms with Crippen molar-refractivity contribution in [1.82, 2.24) is 10.9 Å². The van der Waals surface area contributed by atoms with E-state index in [0.717, 1.165) is 11.1 Å². The Kier molecular flexibility index (Phi) is 6.27. The van der Waals surface area contributed by atoms with Crippen molar-refractivity contribution in [2.24, 2.45) is 0 Å². The first kappa shape index (κ1) is 16.3. The highest BCUT2D eigenvalue weighted by Crippen LogP contribution is 2.25. The predicted octanol–water partition coefficient (Wildman–Crippen LogP) is 1.13. The van der Waals surface area contributed by atoms with Gasteiger partial charge in [0.05, 0.1) is 0 Å². The first-order valence-corrected chi connectivity index (χ1v) is 6.28. The molecule has 6 nitrogen and oxygen atoms in total. The molecule has 2 amide bonds. The zero-order valence-corrected chi connectivity index (χ0v) is 12.3. The number of halogens is 1. The summed E-state index contributed by atoms with van der Waals surface area (Å²) in [6.07, 6.45) is 0. The highest BCUT2D eigenvalue weighted by Gasteiger charge is 2.07. The van der Waals surface area contributed by atoms with Crippen LogP contribution in [0.5, 0.6) is 5.75 Å². The molecule has 1 aromatic carbocycles. The lowest BCUT2D eigenvalue weighted by atomic mass is 10.1. The first-order chi connectivity index (χ1) is 9.43. The average Bonchev–Trinajstić information content (AvgIpc) is 2.40. The third-order valence-electron chi connectivity index (χ3n) is 2.40. The molecular formula is C13H17ClN2O4. The van der Waals surface area contributed by atoms with Crippen LogP contribution in [0.2, 0.25) is 5.02 Å². The van der Waals surface area contributed by atoms with Gasteiger partial charge in [0.1, 0.15) is 12.4 Å². The molecule has 0 radical (unpaired) electrons. The Morgan fingerprint density at radius 2 is 1.60 bits per heavy atom. The highest BCUT2D eigenvalue weighted by molar-refractivity contribution is 6.32. The molecule has 0 bridgehead atoms. The van der Waals surface area contributed by atoms with Gasteiger partial charge in [-0.1, -0.05) is 11.6 Å². The van der Waals surface area contributed by atoms with Crippen LogP contribution in [0.3, 0.4) is 0 Å². The standard InChI is InChI=1S/C13H17ClN2O4/c1-8-4-10(5-9(2)13(8)14)20-7-12(18)16-15-11(17)6-19-3/h4-5H,6-7H2,1-3H3,(H,15,17)(H,16,18). The van der Waals surface area contributed by atoms with Gasteiger partial charge in [-0.15, -0.1) is 0 Å². The summed E-state index contributed by atoms with van der Waals surface area (Å²) in [5.41, 5.74) is 6.14. The van der Waals surface area contributed by atoms with E-state index in [1.165, 1.54) is 7.11 Å². The van der Waals surface area contributed by atoms with Crippen LogP contribution in [-0.2, 0) is 14.3 Å². The van der Waals surface area contributed by atoms with E-state index in [-0.39, 0.29) is 13.2 Å². The zero-order chi connectivity index (χ0) is 15.1. The van der Waals surface area contributed by atoms with Crippen molar-refractivity contribution in [3.63, 3.8) is 0 Å². The van der Waals surface area contributed by atoms with Crippen molar-refractivity contribution in [2.45, 2.75) is 13.8 Å². The lowest BCUT2D eigenvalue weighted by Gasteiger charge is -2.10. The van der Waals surface area contributed by atoms with Gasteiger partial charge in [0.25, 0.3) is 11.8 Å². The van der Waals surface area contributed by atoms with Crippen molar-refractivity contribution >= 4 is 23.4 Å². The summed E-state index contributed by atoms with van der Waals surface area (Å²) in [6, 6.07) is 3.48. The summed E-state index contributed by atoms with van der Waals surface area (Å²) in [6.45, 7) is 3.37. The van der Waals surface area contributed by atoms with E-state index >= 15 is 0 Å². The molecule has 1 rings (SSSR count). The number of carbonyl (C=O) groups is 2. The van der Waals surface area contributed by atoms with Crippen LogP contribution in [0.1, 0.15) is 11.1 Å². The Balaban J connectivity index is 2.43. The Morgan fingerprint density at radius 3 is 2.10 bits per heavy atom. The van der Waals surface area contributed by atoms with Crippen molar-refractivity contribution in [1.29, 1.82) is 0 Å². The van der Waals surface area contributed by atoms with E-state index in [1.807, 2.05) is 13.8 Å². The molecule has 0 fully saturated rings. The molecular weight excluding hydrogens is 284 g/mol. The molecule has 0 aromatic heterocycles. The summed E-state index contributed by atoms with van der Waals surface area (Å²) < 4.78 is 9.92. The van der Waals surface area contributed by atoms with Crippen molar-refractivity contribution in [3.05, 3.63) is 28.3 Å². The van der Waals surface area contributed by atoms with Gasteiger partial charge in [-0.05, 0) is 37.1 Å². The van der Waals surface area contributed by atoms with Gasteiger partial charge in [-0.3, -0.25) is 20.4 Å². The number of hydrogen-bond acceptors (Lipinski definition) is 4. The maximum atomic E-state index is 11.4. The van der Waals surface area contributed by atoms with Crippen molar-refractivity contribution in [2.75, 3.05) is 20.3 Å². The monoisotopic (exact) mass is 300 g/mol. The molecule has 7 heteroatoms. The average molecular weight is 301 g/mol. The number of methoxy groups -OCH3 is 1. The number of ether oxygens (including phenoxy) is 2. The lowest BCUT2D eigenvalue weighted by Crippen LogP contribution is -2.45. The van der Waals surface area contributed by atoms with Crippen LogP contribution in [-0.4, -0.2) is 32.1 Å². The van der Waals surface area contributed by atoms with Gasteiger partial charge >= 0.3 is 0 Å². The van der Waals surface area contributed by atoms with Gasteiger partial charge < -0.3 is 9.47 Å². The summed E-state index contributed by atoms with van der Waals surface area (Å²) in [4.78, 5) is 22.5. The summed E-state index contributed by atoms with van der Waals surface area (Å²) in [7, 11) is 1.38. The van der Waals surface area contributed by atoms with Crippen molar-refractivity contribution < 1.29 is 19.1 Å². The molecule has 0 aliphatic carbocycles. The normalized spacial score (nSPS) is 10.0. The number of hydrazine groups is 1. The maximum Gasteiger partial charge on any atom is 0.276 e. The molecule has 0 spiro atoms. The zero-order valence-electron chi connectivity index (χ0n) is 11.6. The number of amides is 2.